The second-order valence-electron chi connectivity index (χ2n) is 5.12. The number of rotatable bonds is 0. The zero-order valence-corrected chi connectivity index (χ0v) is 11.7. The fourth-order valence-corrected chi connectivity index (χ4v) is 3.58. The third-order valence-corrected chi connectivity index (χ3v) is 4.80. The molecule has 0 saturated heterocycles. The van der Waals surface area contributed by atoms with E-state index in [1.807, 2.05) is 11.3 Å². The lowest BCUT2D eigenvalue weighted by atomic mass is 9.98. The van der Waals surface area contributed by atoms with Gasteiger partial charge in [0.1, 0.15) is 0 Å². The average Bonchev–Trinajstić information content (AvgIpc) is 2.83. The first-order chi connectivity index (χ1) is 8.83. The molecule has 0 spiro atoms. The van der Waals surface area contributed by atoms with Gasteiger partial charge in [0.2, 0.25) is 0 Å². The zero-order chi connectivity index (χ0) is 12.4. The van der Waals surface area contributed by atoms with Crippen molar-refractivity contribution in [3.05, 3.63) is 57.3 Å². The third kappa shape index (κ3) is 2.50. The van der Waals surface area contributed by atoms with Crippen LogP contribution in [-0.4, -0.2) is 25.0 Å². The number of hydrogen-bond acceptors (Lipinski definition) is 2. The molecular formula is C16H19NS. The summed E-state index contributed by atoms with van der Waals surface area (Å²) in [7, 11) is 2.23. The first-order valence-electron chi connectivity index (χ1n) is 6.63. The summed E-state index contributed by atoms with van der Waals surface area (Å²) < 4.78 is 0. The van der Waals surface area contributed by atoms with Crippen LogP contribution in [0.15, 0.2) is 35.7 Å². The Bertz CT molecular complexity index is 529. The predicted molar refractivity (Wildman–Crippen MR) is 78.5 cm³/mol. The summed E-state index contributed by atoms with van der Waals surface area (Å²) >= 11 is 1.91. The SMILES string of the molecule is CN1CCc2ccccc2Cc2sccc2CC1. The van der Waals surface area contributed by atoms with Crippen LogP contribution in [0.4, 0.5) is 0 Å². The maximum atomic E-state index is 2.45. The largest absolute Gasteiger partial charge is 0.306 e. The van der Waals surface area contributed by atoms with Crippen molar-refractivity contribution >= 4 is 11.3 Å². The molecule has 0 N–H and O–H groups in total. The first kappa shape index (κ1) is 11.9. The van der Waals surface area contributed by atoms with Crippen molar-refractivity contribution in [1.29, 1.82) is 0 Å². The van der Waals surface area contributed by atoms with Gasteiger partial charge in [0.05, 0.1) is 0 Å². The van der Waals surface area contributed by atoms with Crippen LogP contribution < -0.4 is 0 Å². The summed E-state index contributed by atoms with van der Waals surface area (Å²) in [5, 5.41) is 2.24. The molecule has 3 rings (SSSR count). The highest BCUT2D eigenvalue weighted by Gasteiger charge is 2.12. The Hall–Kier alpha value is -1.12. The van der Waals surface area contributed by atoms with Crippen molar-refractivity contribution in [2.45, 2.75) is 19.3 Å². The van der Waals surface area contributed by atoms with E-state index >= 15 is 0 Å². The Balaban J connectivity index is 1.98. The number of nitrogens with zero attached hydrogens (tertiary/aromatic N) is 1. The minimum absolute atomic E-state index is 1.12. The van der Waals surface area contributed by atoms with Crippen LogP contribution in [-0.2, 0) is 19.3 Å². The molecule has 94 valence electrons. The van der Waals surface area contributed by atoms with Gasteiger partial charge in [-0.3, -0.25) is 0 Å². The highest BCUT2D eigenvalue weighted by atomic mass is 32.1. The molecule has 1 aromatic carbocycles. The van der Waals surface area contributed by atoms with Crippen LogP contribution in [0.25, 0.3) is 0 Å². The number of thiophene rings is 1. The second kappa shape index (κ2) is 5.25. The summed E-state index contributed by atoms with van der Waals surface area (Å²) in [5.74, 6) is 0. The molecule has 2 aromatic rings. The Kier molecular flexibility index (Phi) is 3.48. The molecule has 0 unspecified atom stereocenters. The molecule has 1 aliphatic rings. The molecule has 1 aliphatic heterocycles. The van der Waals surface area contributed by atoms with Gasteiger partial charge < -0.3 is 4.90 Å². The topological polar surface area (TPSA) is 3.24 Å². The molecule has 0 saturated carbocycles. The van der Waals surface area contributed by atoms with E-state index in [0.29, 0.717) is 0 Å². The van der Waals surface area contributed by atoms with Gasteiger partial charge >= 0.3 is 0 Å². The molecule has 1 nitrogen and oxygen atoms in total. The van der Waals surface area contributed by atoms with Crippen molar-refractivity contribution < 1.29 is 0 Å². The van der Waals surface area contributed by atoms with Gasteiger partial charge in [0.25, 0.3) is 0 Å². The van der Waals surface area contributed by atoms with Crippen molar-refractivity contribution in [1.82, 2.24) is 4.90 Å². The van der Waals surface area contributed by atoms with Crippen LogP contribution >= 0.6 is 11.3 Å². The Morgan fingerprint density at radius 2 is 1.67 bits per heavy atom. The smallest absolute Gasteiger partial charge is 0.0122 e. The maximum absolute atomic E-state index is 2.45. The van der Waals surface area contributed by atoms with E-state index < -0.39 is 0 Å². The summed E-state index contributed by atoms with van der Waals surface area (Å²) in [4.78, 5) is 4.00. The van der Waals surface area contributed by atoms with Crippen molar-refractivity contribution in [2.75, 3.05) is 20.1 Å². The average molecular weight is 257 g/mol. The van der Waals surface area contributed by atoms with E-state index in [9.17, 15) is 0 Å². The normalized spacial score (nSPS) is 16.9. The first-order valence-corrected chi connectivity index (χ1v) is 7.51. The molecule has 0 fully saturated rings. The van der Waals surface area contributed by atoms with Crippen molar-refractivity contribution in [3.8, 4) is 0 Å². The van der Waals surface area contributed by atoms with E-state index in [0.717, 1.165) is 13.0 Å². The van der Waals surface area contributed by atoms with Gasteiger partial charge in [-0.1, -0.05) is 24.3 Å². The molecule has 18 heavy (non-hydrogen) atoms. The van der Waals surface area contributed by atoms with Crippen LogP contribution in [0.5, 0.6) is 0 Å². The van der Waals surface area contributed by atoms with Crippen molar-refractivity contribution in [3.63, 3.8) is 0 Å². The van der Waals surface area contributed by atoms with E-state index in [-0.39, 0.29) is 0 Å². The monoisotopic (exact) mass is 257 g/mol. The molecule has 1 aromatic heterocycles. The number of likely N-dealkylation sites (N-methyl/N-ethyl adjacent to an activating group) is 1. The highest BCUT2D eigenvalue weighted by molar-refractivity contribution is 7.10. The fraction of sp³-hybridized carbons (Fsp3) is 0.375. The summed E-state index contributed by atoms with van der Waals surface area (Å²) in [6, 6.07) is 11.2. The Morgan fingerprint density at radius 1 is 0.944 bits per heavy atom. The van der Waals surface area contributed by atoms with E-state index in [2.05, 4.69) is 47.7 Å². The Labute approximate surface area is 113 Å². The van der Waals surface area contributed by atoms with E-state index in [4.69, 9.17) is 0 Å². The molecule has 0 bridgehead atoms. The molecule has 0 amide bonds. The zero-order valence-electron chi connectivity index (χ0n) is 10.9. The number of fused-ring (bicyclic) bond motifs is 2. The van der Waals surface area contributed by atoms with Gasteiger partial charge in [0, 0.05) is 24.4 Å². The lowest BCUT2D eigenvalue weighted by Crippen LogP contribution is -2.25. The number of hydrogen-bond donors (Lipinski definition) is 0. The lowest BCUT2D eigenvalue weighted by Gasteiger charge is -2.20. The lowest BCUT2D eigenvalue weighted by molar-refractivity contribution is 0.342. The predicted octanol–water partition coefficient (Wildman–Crippen LogP) is 3.37. The van der Waals surface area contributed by atoms with Gasteiger partial charge in [-0.2, -0.15) is 0 Å². The molecule has 0 atom stereocenters. The highest BCUT2D eigenvalue weighted by Crippen LogP contribution is 2.24. The molecular weight excluding hydrogens is 238 g/mol. The van der Waals surface area contributed by atoms with E-state index in [1.165, 1.54) is 30.5 Å². The van der Waals surface area contributed by atoms with Crippen LogP contribution in [0.1, 0.15) is 21.6 Å². The van der Waals surface area contributed by atoms with Crippen LogP contribution in [0, 0.1) is 0 Å². The standard InChI is InChI=1S/C16H19NS/c1-17-9-6-13-4-2-3-5-15(13)12-16-14(7-10-17)8-11-18-16/h2-5,8,11H,6-7,9-10,12H2,1H3. The van der Waals surface area contributed by atoms with Gasteiger partial charge in [-0.25, -0.2) is 0 Å². The molecule has 2 heterocycles. The van der Waals surface area contributed by atoms with Crippen LogP contribution in [0.2, 0.25) is 0 Å². The van der Waals surface area contributed by atoms with Gasteiger partial charge in [-0.05, 0) is 48.0 Å². The minimum Gasteiger partial charge on any atom is -0.306 e. The quantitative estimate of drug-likeness (QED) is 0.699. The third-order valence-electron chi connectivity index (χ3n) is 3.83. The van der Waals surface area contributed by atoms with Crippen molar-refractivity contribution in [2.24, 2.45) is 0 Å². The summed E-state index contributed by atoms with van der Waals surface area (Å²) in [5.41, 5.74) is 4.57. The van der Waals surface area contributed by atoms with Gasteiger partial charge in [0.15, 0.2) is 0 Å². The van der Waals surface area contributed by atoms with E-state index in [1.54, 1.807) is 10.4 Å². The van der Waals surface area contributed by atoms with Crippen LogP contribution in [0.3, 0.4) is 0 Å². The summed E-state index contributed by atoms with van der Waals surface area (Å²) in [6.07, 6.45) is 3.48. The molecule has 0 radical (unpaired) electrons. The Morgan fingerprint density at radius 3 is 2.50 bits per heavy atom. The van der Waals surface area contributed by atoms with Gasteiger partial charge in [-0.15, -0.1) is 11.3 Å². The fourth-order valence-electron chi connectivity index (χ4n) is 2.63. The summed E-state index contributed by atoms with van der Waals surface area (Å²) in [6.45, 7) is 2.34. The molecule has 2 heteroatoms. The minimum atomic E-state index is 1.12. The second-order valence-corrected chi connectivity index (χ2v) is 6.12. The number of benzene rings is 1. The maximum Gasteiger partial charge on any atom is 0.0122 e. The molecule has 0 aliphatic carbocycles.